The van der Waals surface area contributed by atoms with Crippen LogP contribution < -0.4 is 5.32 Å². The van der Waals surface area contributed by atoms with Gasteiger partial charge in [-0.15, -0.1) is 11.3 Å². The Kier molecular flexibility index (Phi) is 7.62. The van der Waals surface area contributed by atoms with Crippen LogP contribution >= 0.6 is 11.3 Å². The van der Waals surface area contributed by atoms with Crippen molar-refractivity contribution in [2.24, 2.45) is 4.99 Å². The number of aliphatic imine (C=N–C) groups is 1. The van der Waals surface area contributed by atoms with Crippen LogP contribution in [0.4, 0.5) is 0 Å². The number of likely N-dealkylation sites (N-methyl/N-ethyl adjacent to an activating group) is 1. The lowest BCUT2D eigenvalue weighted by Crippen LogP contribution is -2.42. The predicted molar refractivity (Wildman–Crippen MR) is 89.6 cm³/mol. The summed E-state index contributed by atoms with van der Waals surface area (Å²) in [7, 11) is 8.19. The van der Waals surface area contributed by atoms with Gasteiger partial charge in [-0.25, -0.2) is 0 Å². The minimum atomic E-state index is 0.381. The molecule has 4 nitrogen and oxygen atoms in total. The average molecular weight is 296 g/mol. The highest BCUT2D eigenvalue weighted by Gasteiger charge is 2.16. The first-order chi connectivity index (χ1) is 9.60. The molecule has 1 atom stereocenters. The summed E-state index contributed by atoms with van der Waals surface area (Å²) in [4.78, 5) is 10.2. The molecule has 1 heterocycles. The largest absolute Gasteiger partial charge is 0.354 e. The Morgan fingerprint density at radius 2 is 2.15 bits per heavy atom. The van der Waals surface area contributed by atoms with Gasteiger partial charge in [0.2, 0.25) is 0 Å². The predicted octanol–water partition coefficient (Wildman–Crippen LogP) is 2.66. The maximum Gasteiger partial charge on any atom is 0.193 e. The molecule has 0 bridgehead atoms. The second-order valence-corrected chi connectivity index (χ2v) is 6.18. The summed E-state index contributed by atoms with van der Waals surface area (Å²) in [6, 6.07) is 4.69. The summed E-state index contributed by atoms with van der Waals surface area (Å²) in [6.07, 6.45) is 2.40. The summed E-state index contributed by atoms with van der Waals surface area (Å²) in [5.74, 6) is 0.974. The maximum absolute atomic E-state index is 4.37. The zero-order chi connectivity index (χ0) is 15.0. The van der Waals surface area contributed by atoms with Crippen LogP contribution in [0.15, 0.2) is 22.5 Å². The Morgan fingerprint density at radius 1 is 1.40 bits per heavy atom. The topological polar surface area (TPSA) is 30.9 Å². The number of nitrogens with one attached hydrogen (secondary N) is 1. The molecule has 0 saturated heterocycles. The van der Waals surface area contributed by atoms with Crippen LogP contribution in [0.5, 0.6) is 0 Å². The van der Waals surface area contributed by atoms with Gasteiger partial charge in [-0.2, -0.15) is 0 Å². The fourth-order valence-corrected chi connectivity index (χ4v) is 3.02. The highest BCUT2D eigenvalue weighted by atomic mass is 32.1. The number of guanidine groups is 1. The normalized spacial score (nSPS) is 13.6. The number of thiophene rings is 1. The van der Waals surface area contributed by atoms with E-state index in [0.717, 1.165) is 19.0 Å². The van der Waals surface area contributed by atoms with E-state index in [1.54, 1.807) is 11.3 Å². The molecule has 20 heavy (non-hydrogen) atoms. The molecule has 1 rings (SSSR count). The van der Waals surface area contributed by atoms with E-state index < -0.39 is 0 Å². The molecule has 0 saturated carbocycles. The lowest BCUT2D eigenvalue weighted by Gasteiger charge is -2.27. The van der Waals surface area contributed by atoms with E-state index in [4.69, 9.17) is 0 Å². The third kappa shape index (κ3) is 5.13. The average Bonchev–Trinajstić information content (AvgIpc) is 2.94. The van der Waals surface area contributed by atoms with Gasteiger partial charge in [0.05, 0.1) is 6.04 Å². The van der Waals surface area contributed by atoms with Gasteiger partial charge in [0, 0.05) is 32.1 Å². The van der Waals surface area contributed by atoms with Gasteiger partial charge in [0.1, 0.15) is 0 Å². The molecular formula is C15H28N4S. The van der Waals surface area contributed by atoms with Crippen molar-refractivity contribution in [2.75, 3.05) is 41.3 Å². The van der Waals surface area contributed by atoms with Crippen LogP contribution in [0.2, 0.25) is 0 Å². The molecule has 1 aromatic heterocycles. The van der Waals surface area contributed by atoms with Gasteiger partial charge in [0.15, 0.2) is 5.96 Å². The van der Waals surface area contributed by atoms with Crippen molar-refractivity contribution in [2.45, 2.75) is 25.8 Å². The Morgan fingerprint density at radius 3 is 2.65 bits per heavy atom. The molecule has 114 valence electrons. The van der Waals surface area contributed by atoms with E-state index in [2.05, 4.69) is 65.7 Å². The quantitative estimate of drug-likeness (QED) is 0.620. The van der Waals surface area contributed by atoms with Gasteiger partial charge < -0.3 is 15.1 Å². The molecule has 0 aliphatic carbocycles. The van der Waals surface area contributed by atoms with Crippen molar-refractivity contribution in [3.63, 3.8) is 0 Å². The molecule has 0 aliphatic rings. The smallest absolute Gasteiger partial charge is 0.193 e. The summed E-state index contributed by atoms with van der Waals surface area (Å²) in [5, 5.41) is 5.62. The van der Waals surface area contributed by atoms with E-state index in [9.17, 15) is 0 Å². The maximum atomic E-state index is 4.37. The fourth-order valence-electron chi connectivity index (χ4n) is 2.09. The van der Waals surface area contributed by atoms with Crippen LogP contribution in [0.1, 0.15) is 30.7 Å². The first-order valence-electron chi connectivity index (χ1n) is 7.21. The summed E-state index contributed by atoms with van der Waals surface area (Å²) < 4.78 is 0. The van der Waals surface area contributed by atoms with Gasteiger partial charge in [-0.1, -0.05) is 19.4 Å². The third-order valence-corrected chi connectivity index (χ3v) is 4.34. The van der Waals surface area contributed by atoms with Crippen LogP contribution in [0, 0.1) is 0 Å². The molecule has 1 N–H and O–H groups in total. The molecular weight excluding hydrogens is 268 g/mol. The van der Waals surface area contributed by atoms with E-state index in [1.807, 2.05) is 7.05 Å². The fraction of sp³-hybridized carbons (Fsp3) is 0.667. The molecule has 0 aromatic carbocycles. The first kappa shape index (κ1) is 17.0. The van der Waals surface area contributed by atoms with Gasteiger partial charge in [-0.3, -0.25) is 4.99 Å². The molecule has 0 radical (unpaired) electrons. The molecule has 0 fully saturated rings. The number of hydrogen-bond acceptors (Lipinski definition) is 3. The van der Waals surface area contributed by atoms with E-state index in [0.29, 0.717) is 6.04 Å². The third-order valence-electron chi connectivity index (χ3n) is 3.37. The zero-order valence-electron chi connectivity index (χ0n) is 13.4. The molecule has 0 spiro atoms. The van der Waals surface area contributed by atoms with Crippen molar-refractivity contribution >= 4 is 17.3 Å². The Hall–Kier alpha value is -1.07. The van der Waals surface area contributed by atoms with Crippen LogP contribution in [-0.4, -0.2) is 57.0 Å². The van der Waals surface area contributed by atoms with Crippen LogP contribution in [0.3, 0.4) is 0 Å². The Bertz CT molecular complexity index is 387. The number of nitrogens with zero attached hydrogens (tertiary/aromatic N) is 3. The summed E-state index contributed by atoms with van der Waals surface area (Å²) in [5.41, 5.74) is 0. The minimum Gasteiger partial charge on any atom is -0.354 e. The van der Waals surface area contributed by atoms with Crippen molar-refractivity contribution in [1.82, 2.24) is 15.1 Å². The Labute approximate surface area is 127 Å². The van der Waals surface area contributed by atoms with Gasteiger partial charge in [0.25, 0.3) is 0 Å². The van der Waals surface area contributed by atoms with Crippen molar-refractivity contribution in [1.29, 1.82) is 0 Å². The molecule has 1 aromatic rings. The van der Waals surface area contributed by atoms with E-state index in [-0.39, 0.29) is 0 Å². The van der Waals surface area contributed by atoms with Crippen molar-refractivity contribution < 1.29 is 0 Å². The second-order valence-electron chi connectivity index (χ2n) is 5.20. The summed E-state index contributed by atoms with van der Waals surface area (Å²) in [6.45, 7) is 4.13. The van der Waals surface area contributed by atoms with E-state index in [1.165, 1.54) is 17.7 Å². The molecule has 1 unspecified atom stereocenters. The number of unbranched alkanes of at least 4 members (excludes halogenated alkanes) is 1. The standard InChI is InChI=1S/C15H28N4S/c1-6-7-10-19(5)15(16-2)17-12-13(18(3)4)14-9-8-11-20-14/h8-9,11,13H,6-7,10,12H2,1-5H3,(H,16,17). The van der Waals surface area contributed by atoms with Crippen molar-refractivity contribution in [3.05, 3.63) is 22.4 Å². The monoisotopic (exact) mass is 296 g/mol. The SMILES string of the molecule is CCCCN(C)C(=NC)NCC(c1cccs1)N(C)C. The number of hydrogen-bond donors (Lipinski definition) is 1. The van der Waals surface area contributed by atoms with Gasteiger partial charge in [-0.05, 0) is 32.0 Å². The molecule has 5 heteroatoms. The van der Waals surface area contributed by atoms with Crippen LogP contribution in [-0.2, 0) is 0 Å². The molecule has 0 aliphatic heterocycles. The van der Waals surface area contributed by atoms with Gasteiger partial charge >= 0.3 is 0 Å². The lowest BCUT2D eigenvalue weighted by atomic mass is 10.2. The summed E-state index contributed by atoms with van der Waals surface area (Å²) >= 11 is 1.81. The minimum absolute atomic E-state index is 0.381. The zero-order valence-corrected chi connectivity index (χ0v) is 14.2. The molecule has 0 amide bonds. The highest BCUT2D eigenvalue weighted by molar-refractivity contribution is 7.10. The van der Waals surface area contributed by atoms with E-state index >= 15 is 0 Å². The Balaban J connectivity index is 2.57. The van der Waals surface area contributed by atoms with Crippen LogP contribution in [0.25, 0.3) is 0 Å². The highest BCUT2D eigenvalue weighted by Crippen LogP contribution is 2.22. The first-order valence-corrected chi connectivity index (χ1v) is 8.09. The lowest BCUT2D eigenvalue weighted by molar-refractivity contribution is 0.299. The number of rotatable bonds is 7. The van der Waals surface area contributed by atoms with Crippen molar-refractivity contribution in [3.8, 4) is 0 Å². The second kappa shape index (κ2) is 8.97.